The maximum Gasteiger partial charge on any atom is 0.225 e. The van der Waals surface area contributed by atoms with Gasteiger partial charge in [0.25, 0.3) is 0 Å². The number of pyridine rings is 1. The van der Waals surface area contributed by atoms with Crippen molar-refractivity contribution in [1.82, 2.24) is 14.8 Å². The predicted molar refractivity (Wildman–Crippen MR) is 84.3 cm³/mol. The van der Waals surface area contributed by atoms with Crippen LogP contribution in [0.2, 0.25) is 0 Å². The fraction of sp³-hybridized carbons (Fsp3) is 0.647. The number of carbonyl (C=O) groups excluding carboxylic acids is 1. The highest BCUT2D eigenvalue weighted by Gasteiger charge is 2.35. The van der Waals surface area contributed by atoms with E-state index in [1.54, 1.807) is 6.20 Å². The van der Waals surface area contributed by atoms with Gasteiger partial charge >= 0.3 is 0 Å². The Morgan fingerprint density at radius 3 is 2.91 bits per heavy atom. The van der Waals surface area contributed by atoms with Gasteiger partial charge in [0, 0.05) is 44.5 Å². The van der Waals surface area contributed by atoms with Crippen molar-refractivity contribution >= 4 is 5.91 Å². The van der Waals surface area contributed by atoms with Crippen LogP contribution < -0.4 is 0 Å². The molecule has 2 aliphatic rings. The van der Waals surface area contributed by atoms with Crippen LogP contribution >= 0.6 is 0 Å². The van der Waals surface area contributed by atoms with Crippen molar-refractivity contribution in [2.24, 2.45) is 5.92 Å². The predicted octanol–water partition coefficient (Wildman–Crippen LogP) is 0.929. The zero-order chi connectivity index (χ0) is 15.4. The lowest BCUT2D eigenvalue weighted by Crippen LogP contribution is -2.38. The Labute approximate surface area is 131 Å². The summed E-state index contributed by atoms with van der Waals surface area (Å²) < 4.78 is 0. The molecule has 3 rings (SSSR count). The molecule has 1 N–H and O–H groups in total. The largest absolute Gasteiger partial charge is 0.390 e. The SMILES string of the molecule is O=C(C1CC1)N1CCN(CCCc2cccnc2)C[C@H](O)C1. The Kier molecular flexibility index (Phi) is 5.05. The van der Waals surface area contributed by atoms with Gasteiger partial charge in [-0.05, 0) is 43.9 Å². The number of rotatable bonds is 5. The van der Waals surface area contributed by atoms with Crippen LogP contribution in [0.15, 0.2) is 24.5 Å². The lowest BCUT2D eigenvalue weighted by atomic mass is 10.1. The van der Waals surface area contributed by atoms with Crippen LogP contribution in [0.5, 0.6) is 0 Å². The van der Waals surface area contributed by atoms with Gasteiger partial charge in [-0.25, -0.2) is 0 Å². The van der Waals surface area contributed by atoms with E-state index in [0.717, 1.165) is 45.3 Å². The molecular weight excluding hydrogens is 278 g/mol. The fourth-order valence-corrected chi connectivity index (χ4v) is 3.10. The summed E-state index contributed by atoms with van der Waals surface area (Å²) in [6.45, 7) is 3.73. The second-order valence-electron chi connectivity index (χ2n) is 6.48. The summed E-state index contributed by atoms with van der Waals surface area (Å²) in [7, 11) is 0. The second-order valence-corrected chi connectivity index (χ2v) is 6.48. The minimum Gasteiger partial charge on any atom is -0.390 e. The number of carbonyl (C=O) groups is 1. The number of aliphatic hydroxyl groups excluding tert-OH is 1. The Hall–Kier alpha value is -1.46. The lowest BCUT2D eigenvalue weighted by Gasteiger charge is -2.21. The number of hydrogen-bond donors (Lipinski definition) is 1. The van der Waals surface area contributed by atoms with Crippen LogP contribution in [0.25, 0.3) is 0 Å². The third kappa shape index (κ3) is 4.27. The molecule has 0 radical (unpaired) electrons. The van der Waals surface area contributed by atoms with Crippen molar-refractivity contribution in [3.63, 3.8) is 0 Å². The van der Waals surface area contributed by atoms with Crippen molar-refractivity contribution in [2.45, 2.75) is 31.8 Å². The molecule has 2 fully saturated rings. The first-order chi connectivity index (χ1) is 10.7. The Morgan fingerprint density at radius 2 is 2.18 bits per heavy atom. The number of aliphatic hydroxyl groups is 1. The van der Waals surface area contributed by atoms with Gasteiger partial charge in [0.05, 0.1) is 6.10 Å². The van der Waals surface area contributed by atoms with E-state index >= 15 is 0 Å². The zero-order valence-corrected chi connectivity index (χ0v) is 13.0. The average molecular weight is 303 g/mol. The van der Waals surface area contributed by atoms with Gasteiger partial charge in [0.2, 0.25) is 5.91 Å². The molecule has 1 atom stereocenters. The van der Waals surface area contributed by atoms with Gasteiger partial charge in [0.15, 0.2) is 0 Å². The van der Waals surface area contributed by atoms with Crippen LogP contribution in [0.4, 0.5) is 0 Å². The highest BCUT2D eigenvalue weighted by atomic mass is 16.3. The summed E-state index contributed by atoms with van der Waals surface area (Å²) in [6, 6.07) is 4.06. The Bertz CT molecular complexity index is 490. The minimum absolute atomic E-state index is 0.240. The third-order valence-electron chi connectivity index (χ3n) is 4.49. The van der Waals surface area contributed by atoms with Crippen molar-refractivity contribution in [2.75, 3.05) is 32.7 Å². The summed E-state index contributed by atoms with van der Waals surface area (Å²) in [5, 5.41) is 10.2. The van der Waals surface area contributed by atoms with Crippen LogP contribution in [-0.2, 0) is 11.2 Å². The maximum atomic E-state index is 12.2. The average Bonchev–Trinajstić information content (AvgIpc) is 3.36. The van der Waals surface area contributed by atoms with Crippen LogP contribution in [-0.4, -0.2) is 64.6 Å². The maximum absolute atomic E-state index is 12.2. The van der Waals surface area contributed by atoms with E-state index in [1.807, 2.05) is 17.2 Å². The highest BCUT2D eigenvalue weighted by Crippen LogP contribution is 2.31. The monoisotopic (exact) mass is 303 g/mol. The van der Waals surface area contributed by atoms with E-state index in [9.17, 15) is 9.90 Å². The zero-order valence-electron chi connectivity index (χ0n) is 13.0. The van der Waals surface area contributed by atoms with E-state index in [2.05, 4.69) is 16.0 Å². The fourth-order valence-electron chi connectivity index (χ4n) is 3.10. The molecular formula is C17H25N3O2. The summed E-state index contributed by atoms with van der Waals surface area (Å²) in [5.41, 5.74) is 1.25. The number of amides is 1. The molecule has 1 aromatic rings. The lowest BCUT2D eigenvalue weighted by molar-refractivity contribution is -0.133. The van der Waals surface area contributed by atoms with Gasteiger partial charge in [-0.3, -0.25) is 14.7 Å². The molecule has 1 amide bonds. The van der Waals surface area contributed by atoms with Gasteiger partial charge in [-0.1, -0.05) is 6.07 Å². The molecule has 1 aromatic heterocycles. The normalized spacial score (nSPS) is 23.3. The van der Waals surface area contributed by atoms with E-state index < -0.39 is 6.10 Å². The van der Waals surface area contributed by atoms with E-state index in [1.165, 1.54) is 5.56 Å². The number of aryl methyl sites for hydroxylation is 1. The van der Waals surface area contributed by atoms with Crippen molar-refractivity contribution in [3.05, 3.63) is 30.1 Å². The summed E-state index contributed by atoms with van der Waals surface area (Å²) in [5.74, 6) is 0.487. The van der Waals surface area contributed by atoms with Gasteiger partial charge in [0.1, 0.15) is 0 Å². The first kappa shape index (κ1) is 15.4. The first-order valence-electron chi connectivity index (χ1n) is 8.30. The Balaban J connectivity index is 1.45. The molecule has 0 unspecified atom stereocenters. The van der Waals surface area contributed by atoms with Crippen LogP contribution in [0, 0.1) is 5.92 Å². The summed E-state index contributed by atoms with van der Waals surface area (Å²) >= 11 is 0. The number of β-amino-alcohol motifs (C(OH)–C–C–N with tert-alkyl or cyclic N) is 1. The molecule has 5 heteroatoms. The number of aromatic nitrogens is 1. The van der Waals surface area contributed by atoms with Gasteiger partial charge < -0.3 is 10.0 Å². The minimum atomic E-state index is -0.427. The van der Waals surface area contributed by atoms with Crippen molar-refractivity contribution < 1.29 is 9.90 Å². The van der Waals surface area contributed by atoms with E-state index in [-0.39, 0.29) is 11.8 Å². The Morgan fingerprint density at radius 1 is 1.32 bits per heavy atom. The first-order valence-corrected chi connectivity index (χ1v) is 8.30. The van der Waals surface area contributed by atoms with Crippen LogP contribution in [0.1, 0.15) is 24.8 Å². The molecule has 0 bridgehead atoms. The molecule has 5 nitrogen and oxygen atoms in total. The standard InChI is InChI=1S/C17H25N3O2/c21-16-12-19(8-2-4-14-3-1-7-18-11-14)9-10-20(13-16)17(22)15-5-6-15/h1,3,7,11,15-16,21H,2,4-6,8-10,12-13H2/t16-/m0/s1. The van der Waals surface area contributed by atoms with Crippen molar-refractivity contribution in [3.8, 4) is 0 Å². The molecule has 1 saturated carbocycles. The molecule has 22 heavy (non-hydrogen) atoms. The van der Waals surface area contributed by atoms with Crippen molar-refractivity contribution in [1.29, 1.82) is 0 Å². The smallest absolute Gasteiger partial charge is 0.225 e. The molecule has 1 aliphatic carbocycles. The van der Waals surface area contributed by atoms with E-state index in [4.69, 9.17) is 0 Å². The molecule has 0 aromatic carbocycles. The molecule has 0 spiro atoms. The van der Waals surface area contributed by atoms with Gasteiger partial charge in [-0.2, -0.15) is 0 Å². The molecule has 1 saturated heterocycles. The molecule has 120 valence electrons. The number of nitrogens with zero attached hydrogens (tertiary/aromatic N) is 3. The summed E-state index contributed by atoms with van der Waals surface area (Å²) in [6.07, 6.45) is 7.39. The highest BCUT2D eigenvalue weighted by molar-refractivity contribution is 5.81. The van der Waals surface area contributed by atoms with Crippen LogP contribution in [0.3, 0.4) is 0 Å². The third-order valence-corrected chi connectivity index (χ3v) is 4.49. The quantitative estimate of drug-likeness (QED) is 0.879. The number of hydrogen-bond acceptors (Lipinski definition) is 4. The molecule has 2 heterocycles. The summed E-state index contributed by atoms with van der Waals surface area (Å²) in [4.78, 5) is 20.4. The van der Waals surface area contributed by atoms with E-state index in [0.29, 0.717) is 13.1 Å². The second kappa shape index (κ2) is 7.20. The molecule has 1 aliphatic heterocycles. The topological polar surface area (TPSA) is 56.7 Å². The van der Waals surface area contributed by atoms with Gasteiger partial charge in [-0.15, -0.1) is 0 Å².